The molecule has 3 N–H and O–H groups in total. The van der Waals surface area contributed by atoms with Gasteiger partial charge >= 0.3 is 0 Å². The Morgan fingerprint density at radius 3 is 2.91 bits per heavy atom. The van der Waals surface area contributed by atoms with Gasteiger partial charge < -0.3 is 16.0 Å². The summed E-state index contributed by atoms with van der Waals surface area (Å²) in [5.41, 5.74) is 10.7. The second-order valence-electron chi connectivity index (χ2n) is 5.83. The summed E-state index contributed by atoms with van der Waals surface area (Å²) in [5, 5.41) is 2.98. The number of nitrogens with two attached hydrogens (primary N) is 1. The molecular weight excluding hydrogens is 274 g/mol. The molecule has 0 saturated heterocycles. The number of likely N-dealkylation sites (N-methyl/N-ethyl adjacent to an activating group) is 1. The van der Waals surface area contributed by atoms with E-state index in [0.29, 0.717) is 12.1 Å². The highest BCUT2D eigenvalue weighted by atomic mass is 16.1. The van der Waals surface area contributed by atoms with Gasteiger partial charge in [0.25, 0.3) is 5.91 Å². The molecule has 0 bridgehead atoms. The van der Waals surface area contributed by atoms with Crippen molar-refractivity contribution in [2.75, 3.05) is 18.9 Å². The zero-order valence-corrected chi connectivity index (χ0v) is 12.8. The lowest BCUT2D eigenvalue weighted by molar-refractivity contribution is 0.102. The Kier molecular flexibility index (Phi) is 4.22. The number of hydrogen-bond donors (Lipinski definition) is 2. The first-order valence-electron chi connectivity index (χ1n) is 7.56. The standard InChI is InChI=1S/C18H21N3O/c1-21-8-7-14-5-6-17(10-16(14)12-21)20-18(22)15-4-2-3-13(9-15)11-19/h2-6,9-10H,7-8,11-12,19H2,1H3,(H,20,22). The van der Waals surface area contributed by atoms with Gasteiger partial charge in [0.05, 0.1) is 0 Å². The predicted molar refractivity (Wildman–Crippen MR) is 88.8 cm³/mol. The summed E-state index contributed by atoms with van der Waals surface area (Å²) >= 11 is 0. The summed E-state index contributed by atoms with van der Waals surface area (Å²) in [7, 11) is 2.12. The van der Waals surface area contributed by atoms with Crippen LogP contribution >= 0.6 is 0 Å². The van der Waals surface area contributed by atoms with Crippen molar-refractivity contribution >= 4 is 11.6 Å². The van der Waals surface area contributed by atoms with E-state index in [0.717, 1.165) is 30.8 Å². The topological polar surface area (TPSA) is 58.4 Å². The molecule has 0 aromatic heterocycles. The van der Waals surface area contributed by atoms with E-state index in [1.165, 1.54) is 11.1 Å². The maximum absolute atomic E-state index is 12.4. The average molecular weight is 295 g/mol. The van der Waals surface area contributed by atoms with Gasteiger partial charge in [-0.1, -0.05) is 18.2 Å². The molecule has 0 saturated carbocycles. The summed E-state index contributed by atoms with van der Waals surface area (Å²) in [5.74, 6) is -0.0978. The van der Waals surface area contributed by atoms with E-state index in [1.807, 2.05) is 24.3 Å². The van der Waals surface area contributed by atoms with E-state index in [-0.39, 0.29) is 5.91 Å². The molecular formula is C18H21N3O. The first kappa shape index (κ1) is 14.8. The molecule has 1 heterocycles. The molecule has 2 aromatic carbocycles. The Balaban J connectivity index is 1.78. The molecule has 114 valence electrons. The summed E-state index contributed by atoms with van der Waals surface area (Å²) in [6, 6.07) is 13.6. The van der Waals surface area contributed by atoms with Gasteiger partial charge in [-0.15, -0.1) is 0 Å². The van der Waals surface area contributed by atoms with Crippen LogP contribution in [0.3, 0.4) is 0 Å². The van der Waals surface area contributed by atoms with Gasteiger partial charge in [-0.25, -0.2) is 0 Å². The minimum absolute atomic E-state index is 0.0978. The molecule has 0 unspecified atom stereocenters. The minimum atomic E-state index is -0.0978. The summed E-state index contributed by atoms with van der Waals surface area (Å²) < 4.78 is 0. The smallest absolute Gasteiger partial charge is 0.255 e. The minimum Gasteiger partial charge on any atom is -0.326 e. The van der Waals surface area contributed by atoms with Crippen LogP contribution in [0.2, 0.25) is 0 Å². The fourth-order valence-corrected chi connectivity index (χ4v) is 2.82. The lowest BCUT2D eigenvalue weighted by Gasteiger charge is -2.25. The Labute approximate surface area is 130 Å². The maximum Gasteiger partial charge on any atom is 0.255 e. The third-order valence-electron chi connectivity index (χ3n) is 4.09. The quantitative estimate of drug-likeness (QED) is 0.914. The molecule has 4 nitrogen and oxygen atoms in total. The van der Waals surface area contributed by atoms with Crippen molar-refractivity contribution in [2.45, 2.75) is 19.5 Å². The number of carbonyl (C=O) groups is 1. The first-order chi connectivity index (χ1) is 10.7. The van der Waals surface area contributed by atoms with Crippen LogP contribution in [0.1, 0.15) is 27.0 Å². The molecule has 0 aliphatic carbocycles. The second kappa shape index (κ2) is 6.30. The second-order valence-corrected chi connectivity index (χ2v) is 5.83. The molecule has 0 spiro atoms. The highest BCUT2D eigenvalue weighted by molar-refractivity contribution is 6.04. The number of nitrogens with one attached hydrogen (secondary N) is 1. The molecule has 1 aliphatic heterocycles. The van der Waals surface area contributed by atoms with Crippen molar-refractivity contribution in [3.63, 3.8) is 0 Å². The molecule has 2 aromatic rings. The predicted octanol–water partition coefficient (Wildman–Crippen LogP) is 2.39. The van der Waals surface area contributed by atoms with Crippen molar-refractivity contribution in [3.05, 3.63) is 64.7 Å². The van der Waals surface area contributed by atoms with Gasteiger partial charge in [-0.05, 0) is 54.4 Å². The summed E-state index contributed by atoms with van der Waals surface area (Å²) in [6.07, 6.45) is 1.07. The third-order valence-corrected chi connectivity index (χ3v) is 4.09. The fourth-order valence-electron chi connectivity index (χ4n) is 2.82. The van der Waals surface area contributed by atoms with Crippen LogP contribution in [0.5, 0.6) is 0 Å². The molecule has 4 heteroatoms. The molecule has 1 aliphatic rings. The van der Waals surface area contributed by atoms with Crippen LogP contribution in [0.25, 0.3) is 0 Å². The lowest BCUT2D eigenvalue weighted by atomic mass is 9.99. The molecule has 0 atom stereocenters. The SMILES string of the molecule is CN1CCc2ccc(NC(=O)c3cccc(CN)c3)cc2C1. The van der Waals surface area contributed by atoms with E-state index in [1.54, 1.807) is 6.07 Å². The van der Waals surface area contributed by atoms with E-state index in [9.17, 15) is 4.79 Å². The normalized spacial score (nSPS) is 14.5. The van der Waals surface area contributed by atoms with Gasteiger partial charge in [-0.3, -0.25) is 4.79 Å². The Bertz CT molecular complexity index is 696. The molecule has 0 fully saturated rings. The molecule has 3 rings (SSSR count). The van der Waals surface area contributed by atoms with Gasteiger partial charge in [-0.2, -0.15) is 0 Å². The first-order valence-corrected chi connectivity index (χ1v) is 7.56. The largest absolute Gasteiger partial charge is 0.326 e. The molecule has 22 heavy (non-hydrogen) atoms. The van der Waals surface area contributed by atoms with Gasteiger partial charge in [0.15, 0.2) is 0 Å². The lowest BCUT2D eigenvalue weighted by Crippen LogP contribution is -2.26. The van der Waals surface area contributed by atoms with Crippen molar-refractivity contribution in [1.82, 2.24) is 4.90 Å². The molecule has 0 radical (unpaired) electrons. The number of fused-ring (bicyclic) bond motifs is 1. The number of benzene rings is 2. The zero-order valence-electron chi connectivity index (χ0n) is 12.8. The Hall–Kier alpha value is -2.17. The highest BCUT2D eigenvalue weighted by Crippen LogP contribution is 2.22. The van der Waals surface area contributed by atoms with Crippen LogP contribution in [0, 0.1) is 0 Å². The monoisotopic (exact) mass is 295 g/mol. The summed E-state index contributed by atoms with van der Waals surface area (Å²) in [4.78, 5) is 14.6. The Morgan fingerprint density at radius 2 is 2.09 bits per heavy atom. The third kappa shape index (κ3) is 3.18. The number of rotatable bonds is 3. The van der Waals surface area contributed by atoms with Crippen LogP contribution in [0.4, 0.5) is 5.69 Å². The van der Waals surface area contributed by atoms with Crippen molar-refractivity contribution in [2.24, 2.45) is 5.73 Å². The highest BCUT2D eigenvalue weighted by Gasteiger charge is 2.14. The zero-order chi connectivity index (χ0) is 15.5. The number of hydrogen-bond acceptors (Lipinski definition) is 3. The Morgan fingerprint density at radius 1 is 1.23 bits per heavy atom. The van der Waals surface area contributed by atoms with Gasteiger partial charge in [0, 0.05) is 30.9 Å². The van der Waals surface area contributed by atoms with Crippen molar-refractivity contribution in [3.8, 4) is 0 Å². The van der Waals surface area contributed by atoms with E-state index in [4.69, 9.17) is 5.73 Å². The van der Waals surface area contributed by atoms with Crippen LogP contribution in [-0.2, 0) is 19.5 Å². The van der Waals surface area contributed by atoms with E-state index in [2.05, 4.69) is 29.4 Å². The van der Waals surface area contributed by atoms with E-state index < -0.39 is 0 Å². The van der Waals surface area contributed by atoms with Crippen LogP contribution in [0.15, 0.2) is 42.5 Å². The number of amides is 1. The van der Waals surface area contributed by atoms with E-state index >= 15 is 0 Å². The van der Waals surface area contributed by atoms with Crippen LogP contribution in [-0.4, -0.2) is 24.4 Å². The van der Waals surface area contributed by atoms with Gasteiger partial charge in [0.1, 0.15) is 0 Å². The van der Waals surface area contributed by atoms with Gasteiger partial charge in [0.2, 0.25) is 0 Å². The van der Waals surface area contributed by atoms with Crippen molar-refractivity contribution < 1.29 is 4.79 Å². The molecule has 1 amide bonds. The van der Waals surface area contributed by atoms with Crippen LogP contribution < -0.4 is 11.1 Å². The van der Waals surface area contributed by atoms with Crippen molar-refractivity contribution in [1.29, 1.82) is 0 Å². The fraction of sp³-hybridized carbons (Fsp3) is 0.278. The summed E-state index contributed by atoms with van der Waals surface area (Å²) in [6.45, 7) is 2.46. The average Bonchev–Trinajstić information content (AvgIpc) is 2.54. The maximum atomic E-state index is 12.4. The number of carbonyl (C=O) groups excluding carboxylic acids is 1. The number of anilines is 1. The number of nitrogens with zero attached hydrogens (tertiary/aromatic N) is 1.